The van der Waals surface area contributed by atoms with Crippen LogP contribution in [0, 0.1) is 0 Å². The molecule has 1 aliphatic heterocycles. The minimum atomic E-state index is -3.81. The fourth-order valence-corrected chi connectivity index (χ4v) is 5.32. The van der Waals surface area contributed by atoms with Gasteiger partial charge in [0.05, 0.1) is 37.7 Å². The highest BCUT2D eigenvalue weighted by molar-refractivity contribution is 7.89. The van der Waals surface area contributed by atoms with Crippen LogP contribution in [0.15, 0.2) is 35.4 Å². The van der Waals surface area contributed by atoms with E-state index >= 15 is 0 Å². The number of aryl methyl sites for hydroxylation is 1. The summed E-state index contributed by atoms with van der Waals surface area (Å²) in [4.78, 5) is 0.0731. The number of sulfonamides is 1. The van der Waals surface area contributed by atoms with Crippen LogP contribution in [0.5, 0.6) is 5.75 Å². The van der Waals surface area contributed by atoms with E-state index in [0.29, 0.717) is 25.3 Å². The van der Waals surface area contributed by atoms with E-state index in [0.717, 1.165) is 12.1 Å². The molecule has 0 bridgehead atoms. The Hall–Kier alpha value is -2.01. The third-order valence-electron chi connectivity index (χ3n) is 5.69. The third-order valence-corrected chi connectivity index (χ3v) is 7.22. The molecule has 1 aromatic carbocycles. The van der Waals surface area contributed by atoms with Gasteiger partial charge in [-0.1, -0.05) is 17.3 Å². The Balaban J connectivity index is 1.34. The van der Waals surface area contributed by atoms with Gasteiger partial charge in [-0.05, 0) is 44.2 Å². The fourth-order valence-electron chi connectivity index (χ4n) is 3.85. The lowest BCUT2D eigenvalue weighted by Gasteiger charge is -2.36. The first-order valence-corrected chi connectivity index (χ1v) is 11.8. The highest BCUT2D eigenvalue weighted by Crippen LogP contribution is 2.38. The summed E-state index contributed by atoms with van der Waals surface area (Å²) in [6.45, 7) is 0.422. The number of para-hydroxylation sites is 1. The minimum Gasteiger partial charge on any atom is -0.495 e. The lowest BCUT2D eigenvalue weighted by Crippen LogP contribution is -2.51. The highest BCUT2D eigenvalue weighted by Gasteiger charge is 2.34. The number of ether oxygens (including phenoxy) is 2. The van der Waals surface area contributed by atoms with E-state index < -0.39 is 22.2 Å². The second kappa shape index (κ2) is 9.01. The van der Waals surface area contributed by atoms with Crippen molar-refractivity contribution in [2.75, 3.05) is 13.7 Å². The minimum absolute atomic E-state index is 0.0669. The van der Waals surface area contributed by atoms with Crippen molar-refractivity contribution >= 4 is 10.0 Å². The van der Waals surface area contributed by atoms with Crippen LogP contribution in [0.2, 0.25) is 0 Å². The highest BCUT2D eigenvalue weighted by atomic mass is 32.2. The van der Waals surface area contributed by atoms with Crippen LogP contribution >= 0.6 is 0 Å². The normalized spacial score (nSPS) is 24.7. The predicted octanol–water partition coefficient (Wildman–Crippen LogP) is 1.44. The Labute approximate surface area is 176 Å². The number of methoxy groups -OCH3 is 1. The van der Waals surface area contributed by atoms with Crippen LogP contribution in [-0.2, 0) is 21.3 Å². The molecule has 0 spiro atoms. The van der Waals surface area contributed by atoms with Crippen LogP contribution in [0.25, 0.3) is 0 Å². The van der Waals surface area contributed by atoms with E-state index in [1.807, 2.05) is 10.9 Å². The van der Waals surface area contributed by atoms with Gasteiger partial charge in [-0.15, -0.1) is 5.10 Å². The monoisotopic (exact) mass is 436 g/mol. The molecule has 3 atom stereocenters. The zero-order valence-corrected chi connectivity index (χ0v) is 17.8. The molecule has 2 N–H and O–H groups in total. The Kier molecular flexibility index (Phi) is 6.37. The molecule has 0 radical (unpaired) electrons. The molecule has 4 rings (SSSR count). The second-order valence-electron chi connectivity index (χ2n) is 7.90. The largest absolute Gasteiger partial charge is 0.495 e. The van der Waals surface area contributed by atoms with Gasteiger partial charge in [-0.3, -0.25) is 4.68 Å². The van der Waals surface area contributed by atoms with Crippen molar-refractivity contribution in [2.24, 2.45) is 0 Å². The summed E-state index contributed by atoms with van der Waals surface area (Å²) >= 11 is 0. The first kappa shape index (κ1) is 21.2. The van der Waals surface area contributed by atoms with Crippen LogP contribution in [0.3, 0.4) is 0 Å². The summed E-state index contributed by atoms with van der Waals surface area (Å²) in [5, 5.41) is 18.2. The SMILES string of the molecule is COc1ccccc1S(=O)(=O)N[C@@H]1CC[C@H](CCn2cc(C3CC3)nn2)O[C@H]1CO. The molecule has 2 heterocycles. The van der Waals surface area contributed by atoms with Gasteiger partial charge in [-0.2, -0.15) is 0 Å². The van der Waals surface area contributed by atoms with Gasteiger partial charge in [0.2, 0.25) is 10.0 Å². The first-order chi connectivity index (χ1) is 14.5. The molecule has 1 aromatic heterocycles. The summed E-state index contributed by atoms with van der Waals surface area (Å²) in [5.74, 6) is 0.846. The number of hydrogen-bond donors (Lipinski definition) is 2. The molecule has 9 nitrogen and oxygen atoms in total. The Morgan fingerprint density at radius 2 is 2.07 bits per heavy atom. The number of rotatable bonds is 9. The van der Waals surface area contributed by atoms with E-state index in [1.54, 1.807) is 18.2 Å². The molecule has 1 saturated heterocycles. The number of hydrogen-bond acceptors (Lipinski definition) is 7. The molecule has 2 fully saturated rings. The number of aliphatic hydroxyl groups is 1. The van der Waals surface area contributed by atoms with Crippen molar-refractivity contribution in [3.63, 3.8) is 0 Å². The average Bonchev–Trinajstić information content (AvgIpc) is 3.50. The van der Waals surface area contributed by atoms with Gasteiger partial charge in [-0.25, -0.2) is 13.1 Å². The van der Waals surface area contributed by atoms with E-state index in [4.69, 9.17) is 9.47 Å². The van der Waals surface area contributed by atoms with Crippen molar-refractivity contribution in [3.05, 3.63) is 36.2 Å². The van der Waals surface area contributed by atoms with Gasteiger partial charge in [0.1, 0.15) is 10.6 Å². The van der Waals surface area contributed by atoms with Gasteiger partial charge in [0.15, 0.2) is 0 Å². The summed E-state index contributed by atoms with van der Waals surface area (Å²) in [7, 11) is -2.37. The van der Waals surface area contributed by atoms with Crippen molar-refractivity contribution in [2.45, 2.75) is 67.7 Å². The summed E-state index contributed by atoms with van der Waals surface area (Å²) in [6, 6.07) is 5.95. The Morgan fingerprint density at radius 1 is 1.27 bits per heavy atom. The molecule has 10 heteroatoms. The predicted molar refractivity (Wildman–Crippen MR) is 109 cm³/mol. The molecule has 164 valence electrons. The summed E-state index contributed by atoms with van der Waals surface area (Å²) < 4.78 is 41.4. The number of nitrogens with one attached hydrogen (secondary N) is 1. The summed E-state index contributed by atoms with van der Waals surface area (Å²) in [5.41, 5.74) is 1.05. The molecule has 0 amide bonds. The summed E-state index contributed by atoms with van der Waals surface area (Å²) in [6.07, 6.45) is 5.70. The lowest BCUT2D eigenvalue weighted by atomic mass is 9.98. The fraction of sp³-hybridized carbons (Fsp3) is 0.600. The molecule has 30 heavy (non-hydrogen) atoms. The Bertz CT molecular complexity index is 960. The van der Waals surface area contributed by atoms with E-state index in [2.05, 4.69) is 15.0 Å². The van der Waals surface area contributed by atoms with E-state index in [-0.39, 0.29) is 23.4 Å². The van der Waals surface area contributed by atoms with Gasteiger partial charge < -0.3 is 14.6 Å². The topological polar surface area (TPSA) is 116 Å². The number of benzene rings is 1. The average molecular weight is 437 g/mol. The van der Waals surface area contributed by atoms with Gasteiger partial charge in [0.25, 0.3) is 0 Å². The maximum absolute atomic E-state index is 12.8. The van der Waals surface area contributed by atoms with Gasteiger partial charge in [0, 0.05) is 18.7 Å². The zero-order chi connectivity index (χ0) is 21.1. The Morgan fingerprint density at radius 3 is 2.80 bits per heavy atom. The van der Waals surface area contributed by atoms with Gasteiger partial charge >= 0.3 is 0 Å². The number of aromatic nitrogens is 3. The van der Waals surface area contributed by atoms with Crippen LogP contribution in [0.4, 0.5) is 0 Å². The zero-order valence-electron chi connectivity index (χ0n) is 17.0. The molecular weight excluding hydrogens is 408 g/mol. The molecular formula is C20H28N4O5S. The first-order valence-electron chi connectivity index (χ1n) is 10.3. The van der Waals surface area contributed by atoms with E-state index in [1.165, 1.54) is 26.0 Å². The van der Waals surface area contributed by atoms with Crippen molar-refractivity contribution in [3.8, 4) is 5.75 Å². The maximum atomic E-state index is 12.8. The maximum Gasteiger partial charge on any atom is 0.244 e. The molecule has 1 saturated carbocycles. The molecule has 1 aliphatic carbocycles. The third kappa shape index (κ3) is 4.83. The van der Waals surface area contributed by atoms with Crippen LogP contribution < -0.4 is 9.46 Å². The molecule has 2 aliphatic rings. The number of nitrogens with zero attached hydrogens (tertiary/aromatic N) is 3. The van der Waals surface area contributed by atoms with Crippen molar-refractivity contribution in [1.82, 2.24) is 19.7 Å². The molecule has 0 unspecified atom stereocenters. The smallest absolute Gasteiger partial charge is 0.244 e. The van der Waals surface area contributed by atoms with E-state index in [9.17, 15) is 13.5 Å². The van der Waals surface area contributed by atoms with Crippen LogP contribution in [-0.4, -0.2) is 60.5 Å². The second-order valence-corrected chi connectivity index (χ2v) is 9.59. The van der Waals surface area contributed by atoms with Crippen molar-refractivity contribution < 1.29 is 23.0 Å². The van der Waals surface area contributed by atoms with Crippen molar-refractivity contribution in [1.29, 1.82) is 0 Å². The van der Waals surface area contributed by atoms with Crippen LogP contribution in [0.1, 0.15) is 43.7 Å². The number of aliphatic hydroxyl groups excluding tert-OH is 1. The lowest BCUT2D eigenvalue weighted by molar-refractivity contribution is -0.0891. The standard InChI is InChI=1S/C20H28N4O5S/c1-28-18-4-2-3-5-20(18)30(26,27)22-16-9-8-15(29-19(16)13-25)10-11-24-12-17(21-23-24)14-6-7-14/h2-5,12,14-16,19,22,25H,6-11,13H2,1H3/t15-,16-,19+/m1/s1. The quantitative estimate of drug-likeness (QED) is 0.611. The molecule has 2 aromatic rings.